The molecule has 1 unspecified atom stereocenters. The van der Waals surface area contributed by atoms with Crippen LogP contribution in [0.1, 0.15) is 29.3 Å². The second-order valence-corrected chi connectivity index (χ2v) is 5.12. The second-order valence-electron chi connectivity index (χ2n) is 5.12. The number of carbonyl (C=O) groups is 1. The van der Waals surface area contributed by atoms with Gasteiger partial charge in [-0.3, -0.25) is 14.9 Å². The fraction of sp³-hybridized carbons (Fsp3) is 0.235. The highest BCUT2D eigenvalue weighted by Gasteiger charge is 2.20. The number of benzene rings is 2. The summed E-state index contributed by atoms with van der Waals surface area (Å²) in [4.78, 5) is 23.1. The molecule has 0 aliphatic carbocycles. The summed E-state index contributed by atoms with van der Waals surface area (Å²) in [5.41, 5.74) is 0.842. The van der Waals surface area contributed by atoms with Crippen molar-refractivity contribution in [2.75, 3.05) is 11.9 Å². The van der Waals surface area contributed by atoms with Crippen LogP contribution in [0.2, 0.25) is 0 Å². The number of anilines is 1. The Morgan fingerprint density at radius 1 is 1.22 bits per heavy atom. The Kier molecular flexibility index (Phi) is 5.43. The lowest BCUT2D eigenvalue weighted by Crippen LogP contribution is -2.23. The van der Waals surface area contributed by atoms with Gasteiger partial charge in [-0.25, -0.2) is 0 Å². The van der Waals surface area contributed by atoms with E-state index in [-0.39, 0.29) is 29.7 Å². The summed E-state index contributed by atoms with van der Waals surface area (Å²) in [5, 5.41) is 23.4. The lowest BCUT2D eigenvalue weighted by Gasteiger charge is -2.15. The van der Waals surface area contributed by atoms with Crippen LogP contribution in [0.4, 0.5) is 11.4 Å². The van der Waals surface area contributed by atoms with Gasteiger partial charge in [0.25, 0.3) is 5.69 Å². The molecule has 0 aliphatic heterocycles. The van der Waals surface area contributed by atoms with Gasteiger partial charge in [0.1, 0.15) is 5.69 Å². The zero-order chi connectivity index (χ0) is 16.8. The molecule has 2 rings (SSSR count). The molecule has 0 amide bonds. The Balaban J connectivity index is 2.36. The maximum absolute atomic E-state index is 12.4. The highest BCUT2D eigenvalue weighted by Crippen LogP contribution is 2.27. The topological polar surface area (TPSA) is 92.5 Å². The first-order valence-electron chi connectivity index (χ1n) is 7.32. The highest BCUT2D eigenvalue weighted by molar-refractivity contribution is 6.09. The summed E-state index contributed by atoms with van der Waals surface area (Å²) in [6, 6.07) is 12.7. The van der Waals surface area contributed by atoms with Gasteiger partial charge in [-0.05, 0) is 18.6 Å². The first kappa shape index (κ1) is 16.6. The number of nitro groups is 1. The van der Waals surface area contributed by atoms with Gasteiger partial charge in [-0.2, -0.15) is 0 Å². The molecule has 6 heteroatoms. The van der Waals surface area contributed by atoms with E-state index in [0.29, 0.717) is 17.7 Å². The van der Waals surface area contributed by atoms with E-state index in [1.165, 1.54) is 12.1 Å². The molecule has 1 atom stereocenters. The average Bonchev–Trinajstić information content (AvgIpc) is 2.59. The molecule has 0 radical (unpaired) electrons. The Morgan fingerprint density at radius 2 is 1.91 bits per heavy atom. The molecule has 0 bridgehead atoms. The fourth-order valence-corrected chi connectivity index (χ4v) is 2.20. The third kappa shape index (κ3) is 3.92. The smallest absolute Gasteiger partial charge is 0.293 e. The predicted octanol–water partition coefficient (Wildman–Crippen LogP) is 3.01. The Labute approximate surface area is 133 Å². The third-order valence-electron chi connectivity index (χ3n) is 3.57. The minimum absolute atomic E-state index is 0.127. The number of nitrogens with zero attached hydrogens (tertiary/aromatic N) is 1. The predicted molar refractivity (Wildman–Crippen MR) is 87.8 cm³/mol. The SMILES string of the molecule is CCC(CO)Nc1ccc(C(=O)c2ccccc2)cc1[N+](=O)[O-]. The number of hydrogen-bond acceptors (Lipinski definition) is 5. The van der Waals surface area contributed by atoms with Crippen molar-refractivity contribution in [1.82, 2.24) is 0 Å². The van der Waals surface area contributed by atoms with Crippen LogP contribution in [0.25, 0.3) is 0 Å². The number of carbonyl (C=O) groups excluding carboxylic acids is 1. The number of hydrogen-bond donors (Lipinski definition) is 2. The normalized spacial score (nSPS) is 11.7. The van der Waals surface area contributed by atoms with Crippen molar-refractivity contribution in [3.05, 3.63) is 69.8 Å². The molecule has 0 saturated carbocycles. The summed E-state index contributed by atoms with van der Waals surface area (Å²) in [7, 11) is 0. The van der Waals surface area contributed by atoms with Gasteiger partial charge in [0.05, 0.1) is 11.5 Å². The molecule has 0 spiro atoms. The summed E-state index contributed by atoms with van der Waals surface area (Å²) in [6.45, 7) is 1.74. The average molecular weight is 314 g/mol. The van der Waals surface area contributed by atoms with Gasteiger partial charge >= 0.3 is 0 Å². The molecule has 0 aromatic heterocycles. The van der Waals surface area contributed by atoms with Crippen LogP contribution in [0, 0.1) is 10.1 Å². The number of nitrogens with one attached hydrogen (secondary N) is 1. The molecule has 2 N–H and O–H groups in total. The van der Waals surface area contributed by atoms with Crippen molar-refractivity contribution in [3.63, 3.8) is 0 Å². The van der Waals surface area contributed by atoms with Crippen LogP contribution >= 0.6 is 0 Å². The summed E-state index contributed by atoms with van der Waals surface area (Å²) < 4.78 is 0. The molecule has 23 heavy (non-hydrogen) atoms. The van der Waals surface area contributed by atoms with Crippen LogP contribution in [-0.2, 0) is 0 Å². The molecular weight excluding hydrogens is 296 g/mol. The molecule has 0 heterocycles. The Hall–Kier alpha value is -2.73. The maximum Gasteiger partial charge on any atom is 0.293 e. The largest absolute Gasteiger partial charge is 0.394 e. The number of ketones is 1. The molecule has 0 fully saturated rings. The highest BCUT2D eigenvalue weighted by atomic mass is 16.6. The number of aliphatic hydroxyl groups excluding tert-OH is 1. The van der Waals surface area contributed by atoms with Crippen LogP contribution in [-0.4, -0.2) is 28.5 Å². The first-order valence-corrected chi connectivity index (χ1v) is 7.32. The van der Waals surface area contributed by atoms with E-state index >= 15 is 0 Å². The number of rotatable bonds is 7. The quantitative estimate of drug-likeness (QED) is 0.465. The van der Waals surface area contributed by atoms with Crippen molar-refractivity contribution in [3.8, 4) is 0 Å². The summed E-state index contributed by atoms with van der Waals surface area (Å²) in [6.07, 6.45) is 0.623. The number of nitro benzene ring substituents is 1. The van der Waals surface area contributed by atoms with Crippen LogP contribution in [0.15, 0.2) is 48.5 Å². The van der Waals surface area contributed by atoms with E-state index in [9.17, 15) is 20.0 Å². The van der Waals surface area contributed by atoms with Gasteiger partial charge in [-0.15, -0.1) is 0 Å². The molecule has 0 saturated heterocycles. The van der Waals surface area contributed by atoms with Crippen molar-refractivity contribution >= 4 is 17.2 Å². The fourth-order valence-electron chi connectivity index (χ4n) is 2.20. The van der Waals surface area contributed by atoms with Crippen LogP contribution in [0.5, 0.6) is 0 Å². The van der Waals surface area contributed by atoms with E-state index < -0.39 is 4.92 Å². The Bertz CT molecular complexity index is 697. The van der Waals surface area contributed by atoms with Gasteiger partial charge in [-0.1, -0.05) is 37.3 Å². The zero-order valence-corrected chi connectivity index (χ0v) is 12.7. The standard InChI is InChI=1S/C17H18N2O4/c1-2-14(11-20)18-15-9-8-13(10-16(15)19(22)23)17(21)12-6-4-3-5-7-12/h3-10,14,18,20H,2,11H2,1H3. The summed E-state index contributed by atoms with van der Waals surface area (Å²) in [5.74, 6) is -0.269. The maximum atomic E-state index is 12.4. The molecule has 2 aromatic carbocycles. The number of aliphatic hydroxyl groups is 1. The van der Waals surface area contributed by atoms with Crippen molar-refractivity contribution in [2.24, 2.45) is 0 Å². The van der Waals surface area contributed by atoms with Gasteiger partial charge < -0.3 is 10.4 Å². The van der Waals surface area contributed by atoms with Crippen molar-refractivity contribution in [2.45, 2.75) is 19.4 Å². The minimum atomic E-state index is -0.534. The molecule has 6 nitrogen and oxygen atoms in total. The third-order valence-corrected chi connectivity index (χ3v) is 3.57. The van der Waals surface area contributed by atoms with Crippen molar-refractivity contribution < 1.29 is 14.8 Å². The first-order chi connectivity index (χ1) is 11.1. The van der Waals surface area contributed by atoms with E-state index in [1.54, 1.807) is 36.4 Å². The molecular formula is C17H18N2O4. The van der Waals surface area contributed by atoms with E-state index in [1.807, 2.05) is 6.92 Å². The van der Waals surface area contributed by atoms with E-state index in [4.69, 9.17) is 0 Å². The zero-order valence-electron chi connectivity index (χ0n) is 12.7. The monoisotopic (exact) mass is 314 g/mol. The molecule has 0 aliphatic rings. The Morgan fingerprint density at radius 3 is 2.48 bits per heavy atom. The lowest BCUT2D eigenvalue weighted by molar-refractivity contribution is -0.384. The van der Waals surface area contributed by atoms with E-state index in [2.05, 4.69) is 5.32 Å². The van der Waals surface area contributed by atoms with Crippen LogP contribution < -0.4 is 5.32 Å². The summed E-state index contributed by atoms with van der Waals surface area (Å²) >= 11 is 0. The van der Waals surface area contributed by atoms with Gasteiger partial charge in [0.15, 0.2) is 5.78 Å². The van der Waals surface area contributed by atoms with E-state index in [0.717, 1.165) is 0 Å². The second kappa shape index (κ2) is 7.51. The molecule has 2 aromatic rings. The van der Waals surface area contributed by atoms with Gasteiger partial charge in [0.2, 0.25) is 0 Å². The van der Waals surface area contributed by atoms with Crippen LogP contribution in [0.3, 0.4) is 0 Å². The van der Waals surface area contributed by atoms with Crippen molar-refractivity contribution in [1.29, 1.82) is 0 Å². The van der Waals surface area contributed by atoms with Gasteiger partial charge in [0, 0.05) is 23.2 Å². The lowest BCUT2D eigenvalue weighted by atomic mass is 10.0. The molecule has 120 valence electrons. The minimum Gasteiger partial charge on any atom is -0.394 e.